The van der Waals surface area contributed by atoms with Crippen LogP contribution < -0.4 is 10.1 Å². The summed E-state index contributed by atoms with van der Waals surface area (Å²) in [7, 11) is 0. The second kappa shape index (κ2) is 10.9. The number of likely N-dealkylation sites (tertiary alicyclic amines) is 1. The number of carbonyl (C=O) groups is 3. The maximum Gasteiger partial charge on any atom is 0.338 e. The summed E-state index contributed by atoms with van der Waals surface area (Å²) in [5, 5.41) is 12.6. The molecule has 1 fully saturated rings. The van der Waals surface area contributed by atoms with E-state index in [9.17, 15) is 19.6 Å². The number of nitrogens with zero attached hydrogens (tertiary/aromatic N) is 2. The molecular weight excluding hydrogens is 466 g/mol. The number of piperidine rings is 1. The fraction of sp³-hybridized carbons (Fsp3) is 0.462. The zero-order valence-corrected chi connectivity index (χ0v) is 20.8. The largest absolute Gasteiger partial charge is 0.484 e. The molecule has 0 radical (unpaired) electrons. The number of hydrogen-bond acceptors (Lipinski definition) is 7. The van der Waals surface area contributed by atoms with E-state index in [2.05, 4.69) is 25.2 Å². The highest BCUT2D eigenvalue weighted by Crippen LogP contribution is 2.38. The van der Waals surface area contributed by atoms with Crippen molar-refractivity contribution in [2.75, 3.05) is 18.5 Å². The lowest BCUT2D eigenvalue weighted by Crippen LogP contribution is -2.49. The van der Waals surface area contributed by atoms with Crippen LogP contribution in [-0.2, 0) is 27.2 Å². The first-order valence-corrected chi connectivity index (χ1v) is 12.7. The number of aryl methyl sites for hydroxylation is 1. The Kier molecular flexibility index (Phi) is 7.71. The molecule has 1 aromatic carbocycles. The third kappa shape index (κ3) is 5.65. The number of nitriles is 1. The van der Waals surface area contributed by atoms with Crippen LogP contribution in [0.3, 0.4) is 0 Å². The van der Waals surface area contributed by atoms with Gasteiger partial charge in [0.2, 0.25) is 0 Å². The first-order valence-electron chi connectivity index (χ1n) is 11.9. The van der Waals surface area contributed by atoms with Gasteiger partial charge in [0, 0.05) is 17.0 Å². The molecule has 2 heterocycles. The minimum atomic E-state index is -0.645. The van der Waals surface area contributed by atoms with Crippen LogP contribution >= 0.6 is 11.3 Å². The van der Waals surface area contributed by atoms with Crippen molar-refractivity contribution in [3.05, 3.63) is 45.8 Å². The number of esters is 1. The fourth-order valence-corrected chi connectivity index (χ4v) is 6.06. The topological polar surface area (TPSA) is 109 Å². The summed E-state index contributed by atoms with van der Waals surface area (Å²) in [4.78, 5) is 40.2. The second-order valence-corrected chi connectivity index (χ2v) is 10.1. The van der Waals surface area contributed by atoms with E-state index in [1.54, 1.807) is 12.1 Å². The van der Waals surface area contributed by atoms with Crippen molar-refractivity contribution in [2.24, 2.45) is 0 Å². The van der Waals surface area contributed by atoms with Crippen molar-refractivity contribution in [3.63, 3.8) is 0 Å². The van der Waals surface area contributed by atoms with Crippen LogP contribution in [0.25, 0.3) is 0 Å². The SMILES string of the molecule is CC1CCCC(C)N1C(=O)COc1ccc(C(=O)OCC(=O)Nc2sc3c(c2C#N)CCC3)cc1. The van der Waals surface area contributed by atoms with E-state index in [4.69, 9.17) is 9.47 Å². The van der Waals surface area contributed by atoms with Crippen LogP contribution in [-0.4, -0.2) is 48.0 Å². The monoisotopic (exact) mass is 495 g/mol. The van der Waals surface area contributed by atoms with Gasteiger partial charge in [-0.3, -0.25) is 9.59 Å². The number of amides is 2. The van der Waals surface area contributed by atoms with Crippen molar-refractivity contribution < 1.29 is 23.9 Å². The lowest BCUT2D eigenvalue weighted by molar-refractivity contribution is -0.139. The van der Waals surface area contributed by atoms with Crippen LogP contribution in [0.15, 0.2) is 24.3 Å². The Labute approximate surface area is 208 Å². The first kappa shape index (κ1) is 24.7. The van der Waals surface area contributed by atoms with Crippen molar-refractivity contribution in [2.45, 2.75) is 64.5 Å². The van der Waals surface area contributed by atoms with Gasteiger partial charge >= 0.3 is 5.97 Å². The highest BCUT2D eigenvalue weighted by atomic mass is 32.1. The van der Waals surface area contributed by atoms with E-state index >= 15 is 0 Å². The van der Waals surface area contributed by atoms with Crippen LogP contribution in [0.4, 0.5) is 5.00 Å². The number of ether oxygens (including phenoxy) is 2. The lowest BCUT2D eigenvalue weighted by Gasteiger charge is -2.38. The van der Waals surface area contributed by atoms with Gasteiger partial charge in [0.05, 0.1) is 11.1 Å². The summed E-state index contributed by atoms with van der Waals surface area (Å²) in [6.07, 6.45) is 5.93. The second-order valence-electron chi connectivity index (χ2n) is 9.04. The Hall–Kier alpha value is -3.38. The van der Waals surface area contributed by atoms with Crippen LogP contribution in [0, 0.1) is 11.3 Å². The van der Waals surface area contributed by atoms with E-state index in [1.165, 1.54) is 23.5 Å². The molecule has 1 aromatic heterocycles. The maximum absolute atomic E-state index is 12.6. The highest BCUT2D eigenvalue weighted by Gasteiger charge is 2.29. The Morgan fingerprint density at radius 3 is 2.49 bits per heavy atom. The summed E-state index contributed by atoms with van der Waals surface area (Å²) >= 11 is 1.41. The molecule has 1 saturated heterocycles. The average Bonchev–Trinajstić information content (AvgIpc) is 3.42. The number of benzene rings is 1. The molecular formula is C26H29N3O5S. The third-order valence-corrected chi connectivity index (χ3v) is 7.76. The maximum atomic E-state index is 12.6. The summed E-state index contributed by atoms with van der Waals surface area (Å²) in [6.45, 7) is 3.60. The number of rotatable bonds is 7. The predicted octanol–water partition coefficient (Wildman–Crippen LogP) is 4.07. The van der Waals surface area contributed by atoms with E-state index in [0.717, 1.165) is 49.0 Å². The Balaban J connectivity index is 1.25. The molecule has 35 heavy (non-hydrogen) atoms. The van der Waals surface area contributed by atoms with Crippen molar-refractivity contribution in [1.82, 2.24) is 4.90 Å². The van der Waals surface area contributed by atoms with Crippen molar-refractivity contribution in [1.29, 1.82) is 5.26 Å². The first-order chi connectivity index (χ1) is 16.9. The average molecular weight is 496 g/mol. The quantitative estimate of drug-likeness (QED) is 0.580. The molecule has 0 bridgehead atoms. The summed E-state index contributed by atoms with van der Waals surface area (Å²) in [5.41, 5.74) is 1.80. The highest BCUT2D eigenvalue weighted by molar-refractivity contribution is 7.16. The molecule has 0 spiro atoms. The number of carbonyl (C=O) groups excluding carboxylic acids is 3. The molecule has 2 aromatic rings. The molecule has 2 unspecified atom stereocenters. The normalized spacial score (nSPS) is 18.9. The van der Waals surface area contributed by atoms with E-state index in [-0.39, 0.29) is 30.2 Å². The number of anilines is 1. The van der Waals surface area contributed by atoms with Gasteiger partial charge in [-0.15, -0.1) is 11.3 Å². The van der Waals surface area contributed by atoms with E-state index in [1.807, 2.05) is 4.90 Å². The number of fused-ring (bicyclic) bond motifs is 1. The Morgan fingerprint density at radius 1 is 1.09 bits per heavy atom. The third-order valence-electron chi connectivity index (χ3n) is 6.55. The van der Waals surface area contributed by atoms with Gasteiger partial charge in [0.15, 0.2) is 13.2 Å². The van der Waals surface area contributed by atoms with Gasteiger partial charge in [-0.05, 0) is 82.2 Å². The zero-order chi connectivity index (χ0) is 24.9. The zero-order valence-electron chi connectivity index (χ0n) is 20.0. The number of nitrogens with one attached hydrogen (secondary N) is 1. The van der Waals surface area contributed by atoms with Gasteiger partial charge in [0.1, 0.15) is 16.8 Å². The smallest absolute Gasteiger partial charge is 0.338 e. The molecule has 1 N–H and O–H groups in total. The Morgan fingerprint density at radius 2 is 1.80 bits per heavy atom. The predicted molar refractivity (Wildman–Crippen MR) is 132 cm³/mol. The van der Waals surface area contributed by atoms with E-state index in [0.29, 0.717) is 16.3 Å². The number of hydrogen-bond donors (Lipinski definition) is 1. The molecule has 8 nitrogen and oxygen atoms in total. The minimum Gasteiger partial charge on any atom is -0.484 e. The molecule has 4 rings (SSSR count). The molecule has 184 valence electrons. The molecule has 2 amide bonds. The van der Waals surface area contributed by atoms with E-state index < -0.39 is 18.5 Å². The number of thiophene rings is 1. The fourth-order valence-electron chi connectivity index (χ4n) is 4.81. The van der Waals surface area contributed by atoms with Gasteiger partial charge in [-0.25, -0.2) is 4.79 Å². The van der Waals surface area contributed by atoms with Gasteiger partial charge in [-0.2, -0.15) is 5.26 Å². The Bertz CT molecular complexity index is 1140. The van der Waals surface area contributed by atoms with Crippen LogP contribution in [0.1, 0.15) is 65.9 Å². The van der Waals surface area contributed by atoms with Crippen LogP contribution in [0.2, 0.25) is 0 Å². The molecule has 1 aliphatic heterocycles. The van der Waals surface area contributed by atoms with Crippen molar-refractivity contribution in [3.8, 4) is 11.8 Å². The molecule has 2 atom stereocenters. The molecule has 9 heteroatoms. The summed E-state index contributed by atoms with van der Waals surface area (Å²) in [6, 6.07) is 8.84. The molecule has 1 aliphatic carbocycles. The molecule has 2 aliphatic rings. The standard InChI is InChI=1S/C26H29N3O5S/c1-16-5-3-6-17(2)29(16)24(31)15-33-19-11-9-18(10-12-19)26(32)34-14-23(30)28-25-21(13-27)20-7-4-8-22(20)35-25/h9-12,16-17H,3-8,14-15H2,1-2H3,(H,28,30). The lowest BCUT2D eigenvalue weighted by atomic mass is 9.97. The van der Waals surface area contributed by atoms with Gasteiger partial charge < -0.3 is 19.7 Å². The van der Waals surface area contributed by atoms with Gasteiger partial charge in [0.25, 0.3) is 11.8 Å². The summed E-state index contributed by atoms with van der Waals surface area (Å²) < 4.78 is 10.8. The molecule has 0 saturated carbocycles. The van der Waals surface area contributed by atoms with Gasteiger partial charge in [-0.1, -0.05) is 0 Å². The minimum absolute atomic E-state index is 0.0466. The van der Waals surface area contributed by atoms with Crippen LogP contribution in [0.5, 0.6) is 5.75 Å². The van der Waals surface area contributed by atoms with Crippen molar-refractivity contribution >= 4 is 34.1 Å². The summed E-state index contributed by atoms with van der Waals surface area (Å²) in [5.74, 6) is -0.711.